The molecule has 0 radical (unpaired) electrons. The summed E-state index contributed by atoms with van der Waals surface area (Å²) < 4.78 is 6.10. The van der Waals surface area contributed by atoms with E-state index in [0.29, 0.717) is 3.92 Å². The Balaban J connectivity index is 2.31. The monoisotopic (exact) mass is 303 g/mol. The Kier molecular flexibility index (Phi) is 3.15. The summed E-state index contributed by atoms with van der Waals surface area (Å²) in [6.07, 6.45) is 1.20. The van der Waals surface area contributed by atoms with Crippen LogP contribution in [0.5, 0.6) is 5.75 Å². The standard InChI is InChI=1S/C11H14INO/c1-2-14-8-3-4-11-9(7-8)10(12)5-6-13-11/h3-4,7,10,13H,2,5-6H2,1H3. The van der Waals surface area contributed by atoms with Crippen molar-refractivity contribution < 1.29 is 4.74 Å². The fourth-order valence-corrected chi connectivity index (χ4v) is 2.53. The van der Waals surface area contributed by atoms with Crippen LogP contribution in [0.4, 0.5) is 5.69 Å². The highest BCUT2D eigenvalue weighted by Gasteiger charge is 2.17. The highest BCUT2D eigenvalue weighted by molar-refractivity contribution is 14.1. The van der Waals surface area contributed by atoms with Crippen LogP contribution in [0.3, 0.4) is 0 Å². The molecule has 3 heteroatoms. The van der Waals surface area contributed by atoms with Crippen LogP contribution < -0.4 is 10.1 Å². The molecule has 0 saturated heterocycles. The van der Waals surface area contributed by atoms with Gasteiger partial charge >= 0.3 is 0 Å². The van der Waals surface area contributed by atoms with Gasteiger partial charge < -0.3 is 10.1 Å². The molecule has 14 heavy (non-hydrogen) atoms. The molecular weight excluding hydrogens is 289 g/mol. The van der Waals surface area contributed by atoms with Crippen LogP contribution in [-0.4, -0.2) is 13.2 Å². The van der Waals surface area contributed by atoms with Crippen LogP contribution in [-0.2, 0) is 0 Å². The quantitative estimate of drug-likeness (QED) is 0.668. The van der Waals surface area contributed by atoms with Crippen molar-refractivity contribution in [3.05, 3.63) is 23.8 Å². The molecule has 0 fully saturated rings. The van der Waals surface area contributed by atoms with E-state index in [9.17, 15) is 0 Å². The lowest BCUT2D eigenvalue weighted by Gasteiger charge is -2.23. The maximum absolute atomic E-state index is 5.49. The summed E-state index contributed by atoms with van der Waals surface area (Å²) in [5, 5.41) is 3.40. The minimum absolute atomic E-state index is 0.615. The van der Waals surface area contributed by atoms with Gasteiger partial charge in [0.15, 0.2) is 0 Å². The smallest absolute Gasteiger partial charge is 0.119 e. The van der Waals surface area contributed by atoms with Gasteiger partial charge in [-0.1, -0.05) is 22.6 Å². The Bertz CT molecular complexity index is 327. The van der Waals surface area contributed by atoms with Gasteiger partial charge in [-0.3, -0.25) is 0 Å². The van der Waals surface area contributed by atoms with Crippen LogP contribution in [0, 0.1) is 0 Å². The number of fused-ring (bicyclic) bond motifs is 1. The Morgan fingerprint density at radius 3 is 3.21 bits per heavy atom. The summed E-state index contributed by atoms with van der Waals surface area (Å²) in [4.78, 5) is 0. The molecule has 1 atom stereocenters. The fourth-order valence-electron chi connectivity index (χ4n) is 1.71. The Hall–Kier alpha value is -0.450. The van der Waals surface area contributed by atoms with Gasteiger partial charge in [-0.2, -0.15) is 0 Å². The van der Waals surface area contributed by atoms with Crippen molar-refractivity contribution in [2.24, 2.45) is 0 Å². The van der Waals surface area contributed by atoms with E-state index in [4.69, 9.17) is 4.74 Å². The maximum Gasteiger partial charge on any atom is 0.119 e. The molecule has 76 valence electrons. The lowest BCUT2D eigenvalue weighted by atomic mass is 10.0. The van der Waals surface area contributed by atoms with E-state index in [2.05, 4.69) is 40.0 Å². The highest BCUT2D eigenvalue weighted by atomic mass is 127. The third kappa shape index (κ3) is 1.97. The Labute approximate surface area is 98.2 Å². The Morgan fingerprint density at radius 2 is 2.43 bits per heavy atom. The van der Waals surface area contributed by atoms with E-state index in [1.54, 1.807) is 0 Å². The van der Waals surface area contributed by atoms with E-state index < -0.39 is 0 Å². The van der Waals surface area contributed by atoms with Gasteiger partial charge in [0.1, 0.15) is 5.75 Å². The minimum Gasteiger partial charge on any atom is -0.494 e. The topological polar surface area (TPSA) is 21.3 Å². The molecule has 2 rings (SSSR count). The molecule has 1 aliphatic rings. The molecule has 1 heterocycles. The third-order valence-electron chi connectivity index (χ3n) is 2.38. The first-order chi connectivity index (χ1) is 6.81. The van der Waals surface area contributed by atoms with E-state index in [1.807, 2.05) is 13.0 Å². The van der Waals surface area contributed by atoms with Gasteiger partial charge in [-0.25, -0.2) is 0 Å². The molecule has 0 amide bonds. The second kappa shape index (κ2) is 4.38. The second-order valence-corrected chi connectivity index (χ2v) is 4.87. The first kappa shape index (κ1) is 10.1. The summed E-state index contributed by atoms with van der Waals surface area (Å²) >= 11 is 2.50. The number of nitrogens with one attached hydrogen (secondary N) is 1. The van der Waals surface area contributed by atoms with Crippen molar-refractivity contribution >= 4 is 28.3 Å². The molecule has 2 nitrogen and oxygen atoms in total. The molecule has 1 aromatic rings. The van der Waals surface area contributed by atoms with Crippen LogP contribution in [0.25, 0.3) is 0 Å². The van der Waals surface area contributed by atoms with Gasteiger partial charge in [-0.05, 0) is 37.1 Å². The molecular formula is C11H14INO. The molecule has 0 aliphatic carbocycles. The van der Waals surface area contributed by atoms with Crippen LogP contribution in [0.2, 0.25) is 0 Å². The van der Waals surface area contributed by atoms with Crippen molar-refractivity contribution in [3.63, 3.8) is 0 Å². The van der Waals surface area contributed by atoms with Crippen molar-refractivity contribution in [1.29, 1.82) is 0 Å². The summed E-state index contributed by atoms with van der Waals surface area (Å²) in [7, 11) is 0. The molecule has 0 spiro atoms. The molecule has 1 aromatic carbocycles. The lowest BCUT2D eigenvalue weighted by molar-refractivity contribution is 0.340. The molecule has 1 N–H and O–H groups in total. The van der Waals surface area contributed by atoms with Crippen molar-refractivity contribution in [3.8, 4) is 5.75 Å². The van der Waals surface area contributed by atoms with Crippen LogP contribution in [0.1, 0.15) is 22.8 Å². The number of ether oxygens (including phenoxy) is 1. The summed E-state index contributed by atoms with van der Waals surface area (Å²) in [5.41, 5.74) is 2.64. The average molecular weight is 303 g/mol. The molecule has 0 saturated carbocycles. The van der Waals surface area contributed by atoms with Crippen molar-refractivity contribution in [2.75, 3.05) is 18.5 Å². The minimum atomic E-state index is 0.615. The number of hydrogen-bond donors (Lipinski definition) is 1. The number of halogens is 1. The largest absolute Gasteiger partial charge is 0.494 e. The SMILES string of the molecule is CCOc1ccc2c(c1)C(I)CCN2. The number of anilines is 1. The predicted molar refractivity (Wildman–Crippen MR) is 67.5 cm³/mol. The zero-order valence-electron chi connectivity index (χ0n) is 8.22. The fraction of sp³-hybridized carbons (Fsp3) is 0.455. The number of rotatable bonds is 2. The van der Waals surface area contributed by atoms with Crippen molar-refractivity contribution in [2.45, 2.75) is 17.3 Å². The average Bonchev–Trinajstić information content (AvgIpc) is 2.20. The molecule has 0 aromatic heterocycles. The van der Waals surface area contributed by atoms with Gasteiger partial charge in [0.05, 0.1) is 6.61 Å². The van der Waals surface area contributed by atoms with Gasteiger partial charge in [0, 0.05) is 16.2 Å². The number of hydrogen-bond acceptors (Lipinski definition) is 2. The van der Waals surface area contributed by atoms with E-state index in [-0.39, 0.29) is 0 Å². The Morgan fingerprint density at radius 1 is 1.57 bits per heavy atom. The molecule has 1 unspecified atom stereocenters. The second-order valence-electron chi connectivity index (χ2n) is 3.37. The van der Waals surface area contributed by atoms with Crippen molar-refractivity contribution in [1.82, 2.24) is 0 Å². The zero-order chi connectivity index (χ0) is 9.97. The molecule has 0 bridgehead atoms. The zero-order valence-corrected chi connectivity index (χ0v) is 10.4. The normalized spacial score (nSPS) is 19.7. The summed E-state index contributed by atoms with van der Waals surface area (Å²) in [5.74, 6) is 0.983. The van der Waals surface area contributed by atoms with Gasteiger partial charge in [-0.15, -0.1) is 0 Å². The first-order valence-electron chi connectivity index (χ1n) is 4.96. The van der Waals surface area contributed by atoms with E-state index in [1.165, 1.54) is 17.7 Å². The number of alkyl halides is 1. The summed E-state index contributed by atoms with van der Waals surface area (Å²) in [6.45, 7) is 3.83. The van der Waals surface area contributed by atoms with E-state index >= 15 is 0 Å². The lowest BCUT2D eigenvalue weighted by Crippen LogP contribution is -2.13. The van der Waals surface area contributed by atoms with Gasteiger partial charge in [0.25, 0.3) is 0 Å². The van der Waals surface area contributed by atoms with Crippen LogP contribution in [0.15, 0.2) is 18.2 Å². The van der Waals surface area contributed by atoms with Crippen LogP contribution >= 0.6 is 22.6 Å². The third-order valence-corrected chi connectivity index (χ3v) is 3.68. The predicted octanol–water partition coefficient (Wildman–Crippen LogP) is 3.38. The van der Waals surface area contributed by atoms with E-state index in [0.717, 1.165) is 18.9 Å². The summed E-state index contributed by atoms with van der Waals surface area (Å²) in [6, 6.07) is 6.30. The highest BCUT2D eigenvalue weighted by Crippen LogP contribution is 2.38. The maximum atomic E-state index is 5.49. The first-order valence-corrected chi connectivity index (χ1v) is 6.20. The number of benzene rings is 1. The molecule has 1 aliphatic heterocycles. The van der Waals surface area contributed by atoms with Gasteiger partial charge in [0.2, 0.25) is 0 Å².